The zero-order chi connectivity index (χ0) is 16.5. The number of rotatable bonds is 4. The van der Waals surface area contributed by atoms with Crippen LogP contribution < -0.4 is 5.32 Å². The SMILES string of the molecule is O=C(Cn1ccnc1)N[C@H]1CC(=O)N(C2Cc3ccccc3C2)C1. The van der Waals surface area contributed by atoms with E-state index in [1.54, 1.807) is 23.3 Å². The number of fused-ring (bicyclic) bond motifs is 1. The molecule has 0 saturated carbocycles. The first-order valence-corrected chi connectivity index (χ1v) is 8.30. The quantitative estimate of drug-likeness (QED) is 0.903. The van der Waals surface area contributed by atoms with Crippen molar-refractivity contribution < 1.29 is 9.59 Å². The van der Waals surface area contributed by atoms with Crippen molar-refractivity contribution in [2.45, 2.75) is 37.9 Å². The van der Waals surface area contributed by atoms with E-state index in [9.17, 15) is 9.59 Å². The third-order valence-electron chi connectivity index (χ3n) is 4.88. The van der Waals surface area contributed by atoms with Gasteiger partial charge in [0.15, 0.2) is 0 Å². The average molecular weight is 324 g/mol. The molecule has 1 aromatic carbocycles. The van der Waals surface area contributed by atoms with Crippen molar-refractivity contribution in [3.8, 4) is 0 Å². The predicted octanol–water partition coefficient (Wildman–Crippen LogP) is 0.768. The molecule has 2 aliphatic rings. The minimum absolute atomic E-state index is 0.0811. The summed E-state index contributed by atoms with van der Waals surface area (Å²) in [5.74, 6) is 0.0584. The van der Waals surface area contributed by atoms with Crippen molar-refractivity contribution in [2.24, 2.45) is 0 Å². The molecule has 0 spiro atoms. The van der Waals surface area contributed by atoms with E-state index in [-0.39, 0.29) is 30.4 Å². The topological polar surface area (TPSA) is 67.2 Å². The Morgan fingerprint density at radius 1 is 1.21 bits per heavy atom. The van der Waals surface area contributed by atoms with Crippen molar-refractivity contribution in [3.63, 3.8) is 0 Å². The van der Waals surface area contributed by atoms with Crippen LogP contribution in [0.3, 0.4) is 0 Å². The van der Waals surface area contributed by atoms with Crippen LogP contribution in [0.25, 0.3) is 0 Å². The van der Waals surface area contributed by atoms with E-state index < -0.39 is 0 Å². The molecule has 1 aliphatic carbocycles. The summed E-state index contributed by atoms with van der Waals surface area (Å²) in [4.78, 5) is 30.3. The minimum atomic E-state index is -0.0998. The Morgan fingerprint density at radius 3 is 2.62 bits per heavy atom. The first-order chi connectivity index (χ1) is 11.7. The molecule has 2 aromatic rings. The molecular weight excluding hydrogens is 304 g/mol. The van der Waals surface area contributed by atoms with Crippen LogP contribution in [0, 0.1) is 0 Å². The van der Waals surface area contributed by atoms with Gasteiger partial charge in [-0.05, 0) is 24.0 Å². The highest BCUT2D eigenvalue weighted by atomic mass is 16.2. The summed E-state index contributed by atoms with van der Waals surface area (Å²) < 4.78 is 1.72. The summed E-state index contributed by atoms with van der Waals surface area (Å²) in [6.07, 6.45) is 7.23. The van der Waals surface area contributed by atoms with Crippen LogP contribution in [0.15, 0.2) is 43.0 Å². The Morgan fingerprint density at radius 2 is 1.96 bits per heavy atom. The Hall–Kier alpha value is -2.63. The van der Waals surface area contributed by atoms with E-state index in [1.165, 1.54) is 11.1 Å². The molecule has 1 N–H and O–H groups in total. The number of hydrogen-bond donors (Lipinski definition) is 1. The highest BCUT2D eigenvalue weighted by molar-refractivity contribution is 5.82. The fourth-order valence-corrected chi connectivity index (χ4v) is 3.76. The maximum absolute atomic E-state index is 12.4. The lowest BCUT2D eigenvalue weighted by molar-refractivity contribution is -0.129. The molecular formula is C18H20N4O2. The molecule has 6 nitrogen and oxygen atoms in total. The first kappa shape index (κ1) is 14.9. The number of hydrogen-bond acceptors (Lipinski definition) is 3. The van der Waals surface area contributed by atoms with Crippen LogP contribution >= 0.6 is 0 Å². The fraction of sp³-hybridized carbons (Fsp3) is 0.389. The maximum atomic E-state index is 12.4. The lowest BCUT2D eigenvalue weighted by Crippen LogP contribution is -2.41. The van der Waals surface area contributed by atoms with Crippen molar-refractivity contribution in [1.29, 1.82) is 0 Å². The summed E-state index contributed by atoms with van der Waals surface area (Å²) in [6, 6.07) is 8.50. The lowest BCUT2D eigenvalue weighted by atomic mass is 10.1. The molecule has 1 fully saturated rings. The molecule has 1 aromatic heterocycles. The molecule has 2 heterocycles. The third-order valence-corrected chi connectivity index (χ3v) is 4.88. The van der Waals surface area contributed by atoms with Gasteiger partial charge in [-0.25, -0.2) is 4.98 Å². The number of aromatic nitrogens is 2. The Kier molecular flexibility index (Phi) is 3.80. The Bertz CT molecular complexity index is 731. The average Bonchev–Trinajstić information content (AvgIpc) is 3.26. The standard InChI is InChI=1S/C18H20N4O2/c23-17(11-21-6-5-19-12-21)20-15-9-18(24)22(10-15)16-7-13-3-1-2-4-14(13)8-16/h1-6,12,15-16H,7-11H2,(H,20,23)/t15-/m0/s1. The van der Waals surface area contributed by atoms with Crippen molar-refractivity contribution >= 4 is 11.8 Å². The lowest BCUT2D eigenvalue weighted by Gasteiger charge is -2.24. The number of nitrogens with zero attached hydrogens (tertiary/aromatic N) is 3. The second kappa shape index (κ2) is 6.11. The molecule has 0 radical (unpaired) electrons. The molecule has 124 valence electrons. The van der Waals surface area contributed by atoms with E-state index in [1.807, 2.05) is 17.0 Å². The zero-order valence-electron chi connectivity index (χ0n) is 13.4. The van der Waals surface area contributed by atoms with Crippen molar-refractivity contribution in [3.05, 3.63) is 54.1 Å². The zero-order valence-corrected chi connectivity index (χ0v) is 13.4. The Labute approximate surface area is 140 Å². The summed E-state index contributed by atoms with van der Waals surface area (Å²) >= 11 is 0. The molecule has 1 aliphatic heterocycles. The van der Waals surface area contributed by atoms with Gasteiger partial charge in [-0.15, -0.1) is 0 Å². The molecule has 24 heavy (non-hydrogen) atoms. The summed E-state index contributed by atoms with van der Waals surface area (Å²) in [6.45, 7) is 0.840. The number of amides is 2. The van der Waals surface area contributed by atoms with Crippen molar-refractivity contribution in [1.82, 2.24) is 19.8 Å². The van der Waals surface area contributed by atoms with E-state index in [2.05, 4.69) is 22.4 Å². The minimum Gasteiger partial charge on any atom is -0.350 e. The first-order valence-electron chi connectivity index (χ1n) is 8.30. The van der Waals surface area contributed by atoms with Crippen LogP contribution in [-0.2, 0) is 29.0 Å². The monoisotopic (exact) mass is 324 g/mol. The van der Waals surface area contributed by atoms with Gasteiger partial charge in [0.25, 0.3) is 0 Å². The highest BCUT2D eigenvalue weighted by Crippen LogP contribution is 2.28. The van der Waals surface area contributed by atoms with Gasteiger partial charge in [0, 0.05) is 31.4 Å². The molecule has 1 atom stereocenters. The van der Waals surface area contributed by atoms with Crippen LogP contribution in [0.2, 0.25) is 0 Å². The number of carbonyl (C=O) groups is 2. The van der Waals surface area contributed by atoms with Crippen LogP contribution in [-0.4, -0.2) is 44.9 Å². The molecule has 0 unspecified atom stereocenters. The van der Waals surface area contributed by atoms with Crippen LogP contribution in [0.4, 0.5) is 0 Å². The molecule has 6 heteroatoms. The number of carbonyl (C=O) groups excluding carboxylic acids is 2. The van der Waals surface area contributed by atoms with Gasteiger partial charge in [0.05, 0.1) is 12.4 Å². The fourth-order valence-electron chi connectivity index (χ4n) is 3.76. The highest BCUT2D eigenvalue weighted by Gasteiger charge is 2.37. The second-order valence-corrected chi connectivity index (χ2v) is 6.58. The van der Waals surface area contributed by atoms with Gasteiger partial charge in [-0.2, -0.15) is 0 Å². The summed E-state index contributed by atoms with van der Waals surface area (Å²) in [5, 5.41) is 2.97. The molecule has 2 amide bonds. The van der Waals surface area contributed by atoms with Gasteiger partial charge in [-0.1, -0.05) is 24.3 Å². The van der Waals surface area contributed by atoms with E-state index in [0.717, 1.165) is 12.8 Å². The van der Waals surface area contributed by atoms with E-state index in [4.69, 9.17) is 0 Å². The van der Waals surface area contributed by atoms with E-state index in [0.29, 0.717) is 13.0 Å². The van der Waals surface area contributed by atoms with Gasteiger partial charge in [-0.3, -0.25) is 9.59 Å². The third kappa shape index (κ3) is 2.91. The second-order valence-electron chi connectivity index (χ2n) is 6.58. The van der Waals surface area contributed by atoms with Gasteiger partial charge < -0.3 is 14.8 Å². The summed E-state index contributed by atoms with van der Waals surface area (Å²) in [7, 11) is 0. The smallest absolute Gasteiger partial charge is 0.240 e. The Balaban J connectivity index is 1.35. The molecule has 4 rings (SSSR count). The number of likely N-dealkylation sites (tertiary alicyclic amines) is 1. The molecule has 1 saturated heterocycles. The number of nitrogens with one attached hydrogen (secondary N) is 1. The van der Waals surface area contributed by atoms with Crippen LogP contribution in [0.1, 0.15) is 17.5 Å². The maximum Gasteiger partial charge on any atom is 0.240 e. The van der Waals surface area contributed by atoms with Gasteiger partial charge in [0.1, 0.15) is 6.54 Å². The van der Waals surface area contributed by atoms with Crippen LogP contribution in [0.5, 0.6) is 0 Å². The predicted molar refractivity (Wildman–Crippen MR) is 88.1 cm³/mol. The largest absolute Gasteiger partial charge is 0.350 e. The van der Waals surface area contributed by atoms with E-state index >= 15 is 0 Å². The normalized spacial score (nSPS) is 20.4. The van der Waals surface area contributed by atoms with Gasteiger partial charge >= 0.3 is 0 Å². The number of imidazole rings is 1. The number of benzene rings is 1. The summed E-state index contributed by atoms with van der Waals surface area (Å²) in [5.41, 5.74) is 2.67. The van der Waals surface area contributed by atoms with Crippen molar-refractivity contribution in [2.75, 3.05) is 6.54 Å². The molecule has 0 bridgehead atoms. The van der Waals surface area contributed by atoms with Gasteiger partial charge in [0.2, 0.25) is 11.8 Å².